The van der Waals surface area contributed by atoms with Crippen LogP contribution in [0.3, 0.4) is 0 Å². The van der Waals surface area contributed by atoms with Crippen LogP contribution < -0.4 is 29.2 Å². The molecule has 1 saturated heterocycles. The molecule has 41 heavy (non-hydrogen) atoms. The summed E-state index contributed by atoms with van der Waals surface area (Å²) in [7, 11) is 1.73. The van der Waals surface area contributed by atoms with Crippen LogP contribution in [0, 0.1) is 6.92 Å². The van der Waals surface area contributed by atoms with Gasteiger partial charge < -0.3 is 34.1 Å². The first kappa shape index (κ1) is 26.0. The third kappa shape index (κ3) is 5.52. The van der Waals surface area contributed by atoms with Gasteiger partial charge in [0.1, 0.15) is 12.4 Å². The molecule has 5 rings (SSSR count). The Bertz CT molecular complexity index is 1550. The standard InChI is InChI=1S/C31H41N5O5/c1-9-38-24-13-21-22(14-25(24)40-18(2)3)33-30(34-28(21)32-8)36-20(5)15-35(17-31(36,6)7)29(37)26-16-39-27-19(4)11-10-12-23(27)41-26/h10-14,18,20,26H,9,15-17H2,1-8H3,(H,32,33,34)/i13D,14D. The van der Waals surface area contributed by atoms with Crippen molar-refractivity contribution in [3.63, 3.8) is 0 Å². The highest BCUT2D eigenvalue weighted by Gasteiger charge is 2.44. The van der Waals surface area contributed by atoms with Gasteiger partial charge in [-0.3, -0.25) is 4.79 Å². The van der Waals surface area contributed by atoms with E-state index in [1.54, 1.807) is 7.05 Å². The van der Waals surface area contributed by atoms with Gasteiger partial charge in [-0.05, 0) is 66.1 Å². The molecule has 0 spiro atoms. The number of carbonyl (C=O) groups is 1. The molecule has 0 bridgehead atoms. The summed E-state index contributed by atoms with van der Waals surface area (Å²) in [4.78, 5) is 27.3. The van der Waals surface area contributed by atoms with Crippen LogP contribution in [-0.2, 0) is 4.79 Å². The quantitative estimate of drug-likeness (QED) is 0.432. The maximum atomic E-state index is 13.7. The number of benzene rings is 2. The Kier molecular flexibility index (Phi) is 7.06. The van der Waals surface area contributed by atoms with Gasteiger partial charge in [0.2, 0.25) is 12.1 Å². The fourth-order valence-electron chi connectivity index (χ4n) is 5.66. The molecule has 2 atom stereocenters. The molecule has 10 nitrogen and oxygen atoms in total. The van der Waals surface area contributed by atoms with Crippen molar-refractivity contribution in [3.05, 3.63) is 35.8 Å². The highest BCUT2D eigenvalue weighted by Crippen LogP contribution is 2.39. The summed E-state index contributed by atoms with van der Waals surface area (Å²) in [6.07, 6.45) is -0.970. The first-order valence-corrected chi connectivity index (χ1v) is 14.2. The lowest BCUT2D eigenvalue weighted by Gasteiger charge is -2.51. The fourth-order valence-corrected chi connectivity index (χ4v) is 5.66. The number of amides is 1. The van der Waals surface area contributed by atoms with E-state index in [2.05, 4.69) is 10.2 Å². The lowest BCUT2D eigenvalue weighted by atomic mass is 9.95. The molecule has 1 N–H and O–H groups in total. The van der Waals surface area contributed by atoms with Crippen LogP contribution in [-0.4, -0.2) is 77.9 Å². The van der Waals surface area contributed by atoms with Crippen molar-refractivity contribution in [2.24, 2.45) is 0 Å². The van der Waals surface area contributed by atoms with E-state index in [9.17, 15) is 4.79 Å². The van der Waals surface area contributed by atoms with Gasteiger partial charge in [-0.2, -0.15) is 4.98 Å². The van der Waals surface area contributed by atoms with Crippen molar-refractivity contribution in [3.8, 4) is 23.0 Å². The van der Waals surface area contributed by atoms with Crippen LogP contribution in [0.5, 0.6) is 23.0 Å². The van der Waals surface area contributed by atoms with E-state index in [1.807, 2.05) is 71.6 Å². The summed E-state index contributed by atoms with van der Waals surface area (Å²) in [5.74, 6) is 2.33. The van der Waals surface area contributed by atoms with Crippen LogP contribution >= 0.6 is 0 Å². The summed E-state index contributed by atoms with van der Waals surface area (Å²) < 4.78 is 41.8. The fraction of sp³-hybridized carbons (Fsp3) is 0.516. The number of anilines is 2. The van der Waals surface area contributed by atoms with Gasteiger partial charge in [-0.15, -0.1) is 0 Å². The minimum Gasteiger partial charge on any atom is -0.490 e. The van der Waals surface area contributed by atoms with E-state index in [-0.39, 0.29) is 48.2 Å². The zero-order valence-corrected chi connectivity index (χ0v) is 25.1. The number of aryl methyl sites for hydroxylation is 1. The third-order valence-electron chi connectivity index (χ3n) is 7.23. The van der Waals surface area contributed by atoms with Crippen LogP contribution in [0.4, 0.5) is 11.8 Å². The molecule has 3 aromatic rings. The van der Waals surface area contributed by atoms with Crippen molar-refractivity contribution >= 4 is 28.6 Å². The molecule has 2 aliphatic rings. The van der Waals surface area contributed by atoms with E-state index in [4.69, 9.17) is 31.7 Å². The predicted octanol–water partition coefficient (Wildman–Crippen LogP) is 4.82. The largest absolute Gasteiger partial charge is 0.490 e. The topological polar surface area (TPSA) is 98.3 Å². The molecule has 10 heteroatoms. The van der Waals surface area contributed by atoms with Gasteiger partial charge in [-0.25, -0.2) is 4.98 Å². The van der Waals surface area contributed by atoms with E-state index < -0.39 is 11.6 Å². The summed E-state index contributed by atoms with van der Waals surface area (Å²) in [6.45, 7) is 14.9. The van der Waals surface area contributed by atoms with Gasteiger partial charge >= 0.3 is 0 Å². The van der Waals surface area contributed by atoms with Crippen LogP contribution in [0.15, 0.2) is 30.3 Å². The van der Waals surface area contributed by atoms with Crippen molar-refractivity contribution in [1.82, 2.24) is 14.9 Å². The Hall–Kier alpha value is -3.95. The number of carbonyl (C=O) groups excluding carboxylic acids is 1. The molecule has 3 heterocycles. The minimum absolute atomic E-state index is 0.0348. The van der Waals surface area contributed by atoms with Gasteiger partial charge in [0, 0.05) is 37.6 Å². The average molecular weight is 566 g/mol. The minimum atomic E-state index is -0.739. The SMILES string of the molecule is [2H]c1c(OC(C)C)c(OCC)c([2H])c2c(NC)nc(N3C(C)CN(C(=O)C4COc5c(C)cccc5O4)CC3(C)C)nc12. The summed E-state index contributed by atoms with van der Waals surface area (Å²) in [6, 6.07) is 5.58. The van der Waals surface area contributed by atoms with Crippen molar-refractivity contribution in [1.29, 1.82) is 0 Å². The molecule has 0 saturated carbocycles. The normalized spacial score (nSPS) is 20.5. The number of fused-ring (bicyclic) bond motifs is 2. The Balaban J connectivity index is 1.49. The Morgan fingerprint density at radius 2 is 2.05 bits per heavy atom. The average Bonchev–Trinajstić information content (AvgIpc) is 2.95. The summed E-state index contributed by atoms with van der Waals surface area (Å²) >= 11 is 0. The van der Waals surface area contributed by atoms with Gasteiger partial charge in [0.25, 0.3) is 5.91 Å². The number of nitrogens with one attached hydrogen (secondary N) is 1. The second kappa shape index (κ2) is 11.1. The summed E-state index contributed by atoms with van der Waals surface area (Å²) in [5.41, 5.74) is 0.681. The van der Waals surface area contributed by atoms with Gasteiger partial charge in [0.15, 0.2) is 23.0 Å². The molecular weight excluding hydrogens is 522 g/mol. The summed E-state index contributed by atoms with van der Waals surface area (Å²) in [5, 5.41) is 3.49. The molecule has 2 unspecified atom stereocenters. The highest BCUT2D eigenvalue weighted by atomic mass is 16.6. The first-order valence-electron chi connectivity index (χ1n) is 15.2. The molecular formula is C31H41N5O5. The van der Waals surface area contributed by atoms with Crippen molar-refractivity contribution in [2.75, 3.05) is 43.6 Å². The molecule has 1 amide bonds. The number of piperazine rings is 1. The third-order valence-corrected chi connectivity index (χ3v) is 7.23. The number of para-hydroxylation sites is 1. The van der Waals surface area contributed by atoms with E-state index in [0.29, 0.717) is 53.9 Å². The molecule has 1 fully saturated rings. The zero-order chi connectivity index (χ0) is 31.2. The van der Waals surface area contributed by atoms with Crippen LogP contribution in [0.25, 0.3) is 10.9 Å². The Labute approximate surface area is 244 Å². The lowest BCUT2D eigenvalue weighted by molar-refractivity contribution is -0.143. The monoisotopic (exact) mass is 565 g/mol. The molecule has 0 aliphatic carbocycles. The number of hydrogen-bond acceptors (Lipinski definition) is 9. The van der Waals surface area contributed by atoms with E-state index >= 15 is 0 Å². The van der Waals surface area contributed by atoms with Gasteiger partial charge in [-0.1, -0.05) is 12.1 Å². The maximum Gasteiger partial charge on any atom is 0.267 e. The smallest absolute Gasteiger partial charge is 0.267 e. The Morgan fingerprint density at radius 1 is 1.27 bits per heavy atom. The number of rotatable bonds is 7. The Morgan fingerprint density at radius 3 is 2.73 bits per heavy atom. The number of hydrogen-bond donors (Lipinski definition) is 1. The zero-order valence-electron chi connectivity index (χ0n) is 27.1. The second-order valence-electron chi connectivity index (χ2n) is 11.4. The molecule has 2 aliphatic heterocycles. The number of ether oxygens (including phenoxy) is 4. The second-order valence-corrected chi connectivity index (χ2v) is 11.4. The number of aromatic nitrogens is 2. The van der Waals surface area contributed by atoms with Crippen molar-refractivity contribution in [2.45, 2.75) is 72.3 Å². The predicted molar refractivity (Wildman–Crippen MR) is 160 cm³/mol. The van der Waals surface area contributed by atoms with E-state index in [0.717, 1.165) is 5.56 Å². The van der Waals surface area contributed by atoms with Crippen LogP contribution in [0.1, 0.15) is 49.8 Å². The van der Waals surface area contributed by atoms with Gasteiger partial charge in [0.05, 0.1) is 26.5 Å². The lowest BCUT2D eigenvalue weighted by Crippen LogP contribution is -2.66. The highest BCUT2D eigenvalue weighted by molar-refractivity contribution is 5.93. The molecule has 0 radical (unpaired) electrons. The molecule has 220 valence electrons. The first-order chi connectivity index (χ1) is 20.4. The van der Waals surface area contributed by atoms with Crippen molar-refractivity contribution < 1.29 is 26.5 Å². The van der Waals surface area contributed by atoms with E-state index in [1.165, 1.54) is 0 Å². The van der Waals surface area contributed by atoms with Crippen LogP contribution in [0.2, 0.25) is 0 Å². The molecule has 2 aromatic carbocycles. The number of nitrogens with zero attached hydrogens (tertiary/aromatic N) is 4. The molecule has 1 aromatic heterocycles. The maximum absolute atomic E-state index is 13.7.